The Bertz CT molecular complexity index is 362. The minimum absolute atomic E-state index is 0.0474. The van der Waals surface area contributed by atoms with E-state index in [0.717, 1.165) is 12.8 Å². The van der Waals surface area contributed by atoms with E-state index in [4.69, 9.17) is 4.74 Å². The molecule has 6 heteroatoms. The van der Waals surface area contributed by atoms with Gasteiger partial charge in [0.15, 0.2) is 0 Å². The Hall–Kier alpha value is -1.14. The summed E-state index contributed by atoms with van der Waals surface area (Å²) in [6.45, 7) is 9.13. The summed E-state index contributed by atoms with van der Waals surface area (Å²) in [7, 11) is 0. The van der Waals surface area contributed by atoms with E-state index < -0.39 is 11.9 Å². The van der Waals surface area contributed by atoms with Crippen LogP contribution in [0.15, 0.2) is 0 Å². The third kappa shape index (κ3) is 4.68. The highest BCUT2D eigenvalue weighted by Gasteiger charge is 2.40. The summed E-state index contributed by atoms with van der Waals surface area (Å²) in [5.41, 5.74) is 0. The van der Waals surface area contributed by atoms with Crippen LogP contribution >= 0.6 is 0 Å². The number of rotatable bonds is 8. The van der Waals surface area contributed by atoms with Gasteiger partial charge in [-0.25, -0.2) is 0 Å². The van der Waals surface area contributed by atoms with E-state index in [2.05, 4.69) is 5.32 Å². The molecule has 6 nitrogen and oxygen atoms in total. The van der Waals surface area contributed by atoms with Gasteiger partial charge in [0, 0.05) is 12.1 Å². The number of ether oxygens (including phenoxy) is 1. The third-order valence-electron chi connectivity index (χ3n) is 4.15. The summed E-state index contributed by atoms with van der Waals surface area (Å²) in [6, 6.07) is -0.467. The van der Waals surface area contributed by atoms with Gasteiger partial charge >= 0.3 is 5.97 Å². The first-order chi connectivity index (χ1) is 9.92. The summed E-state index contributed by atoms with van der Waals surface area (Å²) in [5.74, 6) is -1.46. The fourth-order valence-corrected chi connectivity index (χ4v) is 2.63. The van der Waals surface area contributed by atoms with E-state index in [0.29, 0.717) is 13.2 Å². The highest BCUT2D eigenvalue weighted by molar-refractivity contribution is 5.81. The molecule has 4 unspecified atom stereocenters. The second-order valence-corrected chi connectivity index (χ2v) is 5.78. The lowest BCUT2D eigenvalue weighted by molar-refractivity contribution is -0.144. The largest absolute Gasteiger partial charge is 0.481 e. The minimum atomic E-state index is -0.854. The van der Waals surface area contributed by atoms with Crippen LogP contribution in [0, 0.1) is 5.92 Å². The molecule has 122 valence electrons. The fourth-order valence-electron chi connectivity index (χ4n) is 2.63. The number of nitrogens with zero attached hydrogens (tertiary/aromatic N) is 1. The molecule has 1 aliphatic rings. The topological polar surface area (TPSA) is 78.9 Å². The average Bonchev–Trinajstić information content (AvgIpc) is 2.93. The number of carboxylic acid groups (broad SMARTS) is 1. The standard InChI is InChI=1S/C15H28N2O4/c1-5-7-17(11(4)14(18)16-10(3)6-2)13-9-21-8-12(13)15(19)20/h10-13H,5-9H2,1-4H3,(H,16,18)(H,19,20). The lowest BCUT2D eigenvalue weighted by atomic mass is 10.00. The molecule has 0 aromatic heterocycles. The Morgan fingerprint density at radius 1 is 1.33 bits per heavy atom. The molecule has 0 aliphatic carbocycles. The van der Waals surface area contributed by atoms with Crippen LogP contribution in [0.3, 0.4) is 0 Å². The van der Waals surface area contributed by atoms with Crippen molar-refractivity contribution >= 4 is 11.9 Å². The van der Waals surface area contributed by atoms with Gasteiger partial charge in [0.1, 0.15) is 0 Å². The second kappa shape index (κ2) is 8.34. The van der Waals surface area contributed by atoms with Crippen molar-refractivity contribution in [3.63, 3.8) is 0 Å². The molecule has 0 aromatic carbocycles. The summed E-state index contributed by atoms with van der Waals surface area (Å²) < 4.78 is 5.34. The number of hydrogen-bond acceptors (Lipinski definition) is 4. The number of carboxylic acids is 1. The third-order valence-corrected chi connectivity index (χ3v) is 4.15. The number of carbonyl (C=O) groups is 2. The summed E-state index contributed by atoms with van der Waals surface area (Å²) in [6.07, 6.45) is 1.74. The van der Waals surface area contributed by atoms with Gasteiger partial charge < -0.3 is 15.2 Å². The molecule has 1 amide bonds. The van der Waals surface area contributed by atoms with E-state index in [9.17, 15) is 14.7 Å². The molecule has 0 spiro atoms. The van der Waals surface area contributed by atoms with Crippen molar-refractivity contribution in [2.75, 3.05) is 19.8 Å². The van der Waals surface area contributed by atoms with Gasteiger partial charge in [-0.1, -0.05) is 13.8 Å². The monoisotopic (exact) mass is 300 g/mol. The lowest BCUT2D eigenvalue weighted by Crippen LogP contribution is -2.54. The first-order valence-electron chi connectivity index (χ1n) is 7.78. The Labute approximate surface area is 126 Å². The maximum absolute atomic E-state index is 12.3. The van der Waals surface area contributed by atoms with Crippen LogP contribution in [0.2, 0.25) is 0 Å². The van der Waals surface area contributed by atoms with Crippen molar-refractivity contribution < 1.29 is 19.4 Å². The average molecular weight is 300 g/mol. The van der Waals surface area contributed by atoms with Gasteiger partial charge in [-0.15, -0.1) is 0 Å². The summed E-state index contributed by atoms with van der Waals surface area (Å²) >= 11 is 0. The fraction of sp³-hybridized carbons (Fsp3) is 0.867. The molecule has 1 aliphatic heterocycles. The zero-order valence-corrected chi connectivity index (χ0v) is 13.5. The van der Waals surface area contributed by atoms with Gasteiger partial charge in [0.25, 0.3) is 0 Å². The molecular weight excluding hydrogens is 272 g/mol. The number of aliphatic carboxylic acids is 1. The molecule has 1 heterocycles. The normalized spacial score (nSPS) is 24.8. The number of hydrogen-bond donors (Lipinski definition) is 2. The molecule has 0 radical (unpaired) electrons. The van der Waals surface area contributed by atoms with Crippen molar-refractivity contribution in [1.29, 1.82) is 0 Å². The van der Waals surface area contributed by atoms with Gasteiger partial charge in [-0.2, -0.15) is 0 Å². The summed E-state index contributed by atoms with van der Waals surface area (Å²) in [4.78, 5) is 25.6. The van der Waals surface area contributed by atoms with E-state index in [1.165, 1.54) is 0 Å². The van der Waals surface area contributed by atoms with Crippen LogP contribution < -0.4 is 5.32 Å². The maximum Gasteiger partial charge on any atom is 0.310 e. The molecule has 1 rings (SSSR count). The van der Waals surface area contributed by atoms with Gasteiger partial charge in [-0.05, 0) is 33.2 Å². The number of amides is 1. The van der Waals surface area contributed by atoms with Gasteiger partial charge in [0.2, 0.25) is 5.91 Å². The van der Waals surface area contributed by atoms with Gasteiger partial charge in [-0.3, -0.25) is 14.5 Å². The highest BCUT2D eigenvalue weighted by Crippen LogP contribution is 2.22. The Morgan fingerprint density at radius 2 is 2.00 bits per heavy atom. The molecule has 0 saturated carbocycles. The smallest absolute Gasteiger partial charge is 0.310 e. The van der Waals surface area contributed by atoms with Crippen LogP contribution in [-0.2, 0) is 14.3 Å². The van der Waals surface area contributed by atoms with Crippen LogP contribution in [0.1, 0.15) is 40.5 Å². The predicted octanol–water partition coefficient (Wildman–Crippen LogP) is 1.10. The Morgan fingerprint density at radius 3 is 2.52 bits per heavy atom. The zero-order valence-electron chi connectivity index (χ0n) is 13.5. The molecular formula is C15H28N2O4. The number of carbonyl (C=O) groups excluding carboxylic acids is 1. The van der Waals surface area contributed by atoms with Crippen molar-refractivity contribution in [3.05, 3.63) is 0 Å². The van der Waals surface area contributed by atoms with Crippen LogP contribution in [0.4, 0.5) is 0 Å². The predicted molar refractivity (Wildman–Crippen MR) is 80.1 cm³/mol. The van der Waals surface area contributed by atoms with E-state index in [-0.39, 0.29) is 30.6 Å². The SMILES string of the molecule is CCCN(C(C)C(=O)NC(C)CC)C1COCC1C(=O)O. The van der Waals surface area contributed by atoms with Crippen LogP contribution in [0.5, 0.6) is 0 Å². The molecule has 4 atom stereocenters. The van der Waals surface area contributed by atoms with E-state index in [1.54, 1.807) is 0 Å². The van der Waals surface area contributed by atoms with Crippen molar-refractivity contribution in [2.45, 2.75) is 58.7 Å². The molecule has 2 N–H and O–H groups in total. The molecule has 1 fully saturated rings. The first kappa shape index (κ1) is 17.9. The molecule has 21 heavy (non-hydrogen) atoms. The minimum Gasteiger partial charge on any atom is -0.481 e. The van der Waals surface area contributed by atoms with Crippen molar-refractivity contribution in [3.8, 4) is 0 Å². The van der Waals surface area contributed by atoms with Crippen molar-refractivity contribution in [1.82, 2.24) is 10.2 Å². The lowest BCUT2D eigenvalue weighted by Gasteiger charge is -2.35. The van der Waals surface area contributed by atoms with E-state index in [1.807, 2.05) is 32.6 Å². The van der Waals surface area contributed by atoms with Crippen molar-refractivity contribution in [2.24, 2.45) is 5.92 Å². The molecule has 1 saturated heterocycles. The quantitative estimate of drug-likeness (QED) is 0.702. The first-order valence-corrected chi connectivity index (χ1v) is 7.78. The zero-order chi connectivity index (χ0) is 16.0. The Kier molecular flexibility index (Phi) is 7.11. The highest BCUT2D eigenvalue weighted by atomic mass is 16.5. The van der Waals surface area contributed by atoms with E-state index >= 15 is 0 Å². The van der Waals surface area contributed by atoms with Crippen LogP contribution in [0.25, 0.3) is 0 Å². The van der Waals surface area contributed by atoms with Gasteiger partial charge in [0.05, 0.1) is 25.2 Å². The molecule has 0 bridgehead atoms. The second-order valence-electron chi connectivity index (χ2n) is 5.78. The number of nitrogens with one attached hydrogen (secondary N) is 1. The maximum atomic E-state index is 12.3. The summed E-state index contributed by atoms with van der Waals surface area (Å²) in [5, 5.41) is 12.3. The molecule has 0 aromatic rings. The van der Waals surface area contributed by atoms with Crippen LogP contribution in [-0.4, -0.2) is 59.8 Å². The Balaban J connectivity index is 2.79.